The molecule has 2 unspecified atom stereocenters. The highest BCUT2D eigenvalue weighted by Crippen LogP contribution is 2.24. The summed E-state index contributed by atoms with van der Waals surface area (Å²) in [5.41, 5.74) is -1.06. The van der Waals surface area contributed by atoms with Crippen molar-refractivity contribution in [1.29, 1.82) is 0 Å². The zero-order valence-corrected chi connectivity index (χ0v) is 12.2. The highest BCUT2D eigenvalue weighted by molar-refractivity contribution is 7.10. The molecule has 0 saturated heterocycles. The van der Waals surface area contributed by atoms with E-state index >= 15 is 0 Å². The first-order chi connectivity index (χ1) is 8.95. The fourth-order valence-electron chi connectivity index (χ4n) is 1.67. The first-order valence-corrected chi connectivity index (χ1v) is 7.25. The maximum atomic E-state index is 11.6. The minimum Gasteiger partial charge on any atom is -0.396 e. The molecule has 0 fully saturated rings. The lowest BCUT2D eigenvalue weighted by molar-refractivity contribution is 0.0630. The molecule has 1 heterocycles. The van der Waals surface area contributed by atoms with Gasteiger partial charge in [-0.2, -0.15) is 0 Å². The smallest absolute Gasteiger partial charge is 0.315 e. The van der Waals surface area contributed by atoms with E-state index in [1.807, 2.05) is 24.4 Å². The zero-order valence-electron chi connectivity index (χ0n) is 11.3. The number of nitrogens with one attached hydrogen (secondary N) is 2. The van der Waals surface area contributed by atoms with Crippen molar-refractivity contribution in [3.05, 3.63) is 22.4 Å². The van der Waals surface area contributed by atoms with Crippen LogP contribution in [0.25, 0.3) is 0 Å². The van der Waals surface area contributed by atoms with Gasteiger partial charge in [0, 0.05) is 17.5 Å². The largest absolute Gasteiger partial charge is 0.396 e. The van der Waals surface area contributed by atoms with E-state index in [4.69, 9.17) is 5.11 Å². The molecule has 1 rings (SSSR count). The first kappa shape index (κ1) is 15.9. The number of hydrogen-bond donors (Lipinski definition) is 4. The highest BCUT2D eigenvalue weighted by atomic mass is 32.1. The van der Waals surface area contributed by atoms with E-state index < -0.39 is 5.60 Å². The van der Waals surface area contributed by atoms with Crippen LogP contribution in [0, 0.1) is 0 Å². The van der Waals surface area contributed by atoms with Crippen molar-refractivity contribution in [1.82, 2.24) is 10.6 Å². The summed E-state index contributed by atoms with van der Waals surface area (Å²) in [6, 6.07) is 3.40. The Morgan fingerprint density at radius 3 is 2.89 bits per heavy atom. The standard InChI is InChI=1S/C13H22N2O3S/c1-10(5-3-7-16)15-12(17)14-9-13(2,18)11-6-4-8-19-11/h4,6,8,10,16,18H,3,5,7,9H2,1-2H3,(H2,14,15,17). The molecule has 108 valence electrons. The van der Waals surface area contributed by atoms with E-state index in [-0.39, 0.29) is 25.2 Å². The number of aliphatic hydroxyl groups is 2. The molecule has 6 heteroatoms. The van der Waals surface area contributed by atoms with E-state index in [1.54, 1.807) is 6.92 Å². The molecule has 0 spiro atoms. The molecular weight excluding hydrogens is 264 g/mol. The topological polar surface area (TPSA) is 81.6 Å². The van der Waals surface area contributed by atoms with Gasteiger partial charge in [0.1, 0.15) is 5.60 Å². The summed E-state index contributed by atoms with van der Waals surface area (Å²) in [7, 11) is 0. The molecule has 0 aliphatic carbocycles. The number of aliphatic hydroxyl groups excluding tert-OH is 1. The molecule has 2 atom stereocenters. The lowest BCUT2D eigenvalue weighted by Gasteiger charge is -2.23. The summed E-state index contributed by atoms with van der Waals surface area (Å²) < 4.78 is 0. The van der Waals surface area contributed by atoms with Crippen LogP contribution in [0.2, 0.25) is 0 Å². The molecule has 4 N–H and O–H groups in total. The molecule has 0 radical (unpaired) electrons. The Kier molecular flexibility index (Phi) is 6.27. The fourth-order valence-corrected chi connectivity index (χ4v) is 2.46. The Morgan fingerprint density at radius 1 is 1.58 bits per heavy atom. The second kappa shape index (κ2) is 7.47. The SMILES string of the molecule is CC(CCCO)NC(=O)NCC(C)(O)c1cccs1. The van der Waals surface area contributed by atoms with Crippen LogP contribution >= 0.6 is 11.3 Å². The summed E-state index contributed by atoms with van der Waals surface area (Å²) in [5, 5.41) is 26.3. The maximum Gasteiger partial charge on any atom is 0.315 e. The van der Waals surface area contributed by atoms with Gasteiger partial charge in [0.25, 0.3) is 0 Å². The summed E-state index contributed by atoms with van der Waals surface area (Å²) in [4.78, 5) is 12.5. The van der Waals surface area contributed by atoms with Crippen molar-refractivity contribution in [3.63, 3.8) is 0 Å². The van der Waals surface area contributed by atoms with Crippen molar-refractivity contribution >= 4 is 17.4 Å². The van der Waals surface area contributed by atoms with Gasteiger partial charge in [-0.15, -0.1) is 11.3 Å². The third-order valence-corrected chi connectivity index (χ3v) is 3.94. The van der Waals surface area contributed by atoms with E-state index in [2.05, 4.69) is 10.6 Å². The molecule has 0 saturated carbocycles. The Bertz CT molecular complexity index is 379. The van der Waals surface area contributed by atoms with Gasteiger partial charge in [-0.05, 0) is 38.1 Å². The molecule has 1 aromatic heterocycles. The van der Waals surface area contributed by atoms with Gasteiger partial charge >= 0.3 is 6.03 Å². The Labute approximate surface area is 117 Å². The van der Waals surface area contributed by atoms with Crippen molar-refractivity contribution in [2.45, 2.75) is 38.3 Å². The maximum absolute atomic E-state index is 11.6. The number of rotatable bonds is 7. The molecule has 1 aromatic rings. The van der Waals surface area contributed by atoms with Crippen LogP contribution in [0.3, 0.4) is 0 Å². The van der Waals surface area contributed by atoms with Gasteiger partial charge in [0.15, 0.2) is 0 Å². The van der Waals surface area contributed by atoms with Crippen molar-refractivity contribution in [2.24, 2.45) is 0 Å². The van der Waals surface area contributed by atoms with Crippen molar-refractivity contribution in [3.8, 4) is 0 Å². The molecule has 0 aliphatic rings. The molecule has 2 amide bonds. The Balaban J connectivity index is 2.34. The minimum absolute atomic E-state index is 0.00108. The van der Waals surface area contributed by atoms with E-state index in [0.29, 0.717) is 6.42 Å². The summed E-state index contributed by atoms with van der Waals surface area (Å²) in [5.74, 6) is 0. The number of hydrogen-bond acceptors (Lipinski definition) is 4. The van der Waals surface area contributed by atoms with E-state index in [1.165, 1.54) is 11.3 Å². The normalized spacial score (nSPS) is 15.6. The number of carbonyl (C=O) groups excluding carboxylic acids is 1. The first-order valence-electron chi connectivity index (χ1n) is 6.37. The summed E-state index contributed by atoms with van der Waals surface area (Å²) in [6.07, 6.45) is 1.39. The molecule has 0 bridgehead atoms. The van der Waals surface area contributed by atoms with E-state index in [9.17, 15) is 9.90 Å². The van der Waals surface area contributed by atoms with Crippen LogP contribution < -0.4 is 10.6 Å². The average Bonchev–Trinajstić information content (AvgIpc) is 2.88. The lowest BCUT2D eigenvalue weighted by atomic mass is 10.1. The fraction of sp³-hybridized carbons (Fsp3) is 0.615. The molecule has 5 nitrogen and oxygen atoms in total. The predicted molar refractivity (Wildman–Crippen MR) is 76.2 cm³/mol. The third kappa shape index (κ3) is 5.59. The monoisotopic (exact) mass is 286 g/mol. The number of carbonyl (C=O) groups is 1. The minimum atomic E-state index is -1.06. The average molecular weight is 286 g/mol. The Hall–Kier alpha value is -1.11. The van der Waals surface area contributed by atoms with E-state index in [0.717, 1.165) is 11.3 Å². The van der Waals surface area contributed by atoms with Gasteiger partial charge in [0.2, 0.25) is 0 Å². The van der Waals surface area contributed by atoms with Gasteiger partial charge in [-0.25, -0.2) is 4.79 Å². The van der Waals surface area contributed by atoms with Crippen LogP contribution in [0.15, 0.2) is 17.5 Å². The van der Waals surface area contributed by atoms with Crippen LogP contribution in [-0.4, -0.2) is 35.4 Å². The second-order valence-electron chi connectivity index (χ2n) is 4.85. The predicted octanol–water partition coefficient (Wildman–Crippen LogP) is 1.42. The number of amides is 2. The second-order valence-corrected chi connectivity index (χ2v) is 5.79. The number of urea groups is 1. The van der Waals surface area contributed by atoms with Crippen molar-refractivity contribution in [2.75, 3.05) is 13.2 Å². The van der Waals surface area contributed by atoms with Crippen LogP contribution in [-0.2, 0) is 5.60 Å². The van der Waals surface area contributed by atoms with Crippen LogP contribution in [0.5, 0.6) is 0 Å². The van der Waals surface area contributed by atoms with Gasteiger partial charge < -0.3 is 20.8 Å². The van der Waals surface area contributed by atoms with Crippen LogP contribution in [0.1, 0.15) is 31.6 Å². The van der Waals surface area contributed by atoms with Gasteiger partial charge in [-0.1, -0.05) is 6.07 Å². The quantitative estimate of drug-likeness (QED) is 0.612. The zero-order chi connectivity index (χ0) is 14.3. The van der Waals surface area contributed by atoms with Crippen molar-refractivity contribution < 1.29 is 15.0 Å². The van der Waals surface area contributed by atoms with Gasteiger partial charge in [0.05, 0.1) is 6.54 Å². The molecule has 0 aromatic carbocycles. The third-order valence-electron chi connectivity index (χ3n) is 2.82. The lowest BCUT2D eigenvalue weighted by Crippen LogP contribution is -2.45. The number of thiophene rings is 1. The van der Waals surface area contributed by atoms with Crippen LogP contribution in [0.4, 0.5) is 4.79 Å². The molecule has 0 aliphatic heterocycles. The molecular formula is C13H22N2O3S. The summed E-state index contributed by atoms with van der Waals surface area (Å²) >= 11 is 1.46. The van der Waals surface area contributed by atoms with Gasteiger partial charge in [-0.3, -0.25) is 0 Å². The summed E-state index contributed by atoms with van der Waals surface area (Å²) in [6.45, 7) is 3.84. The highest BCUT2D eigenvalue weighted by Gasteiger charge is 2.24. The Morgan fingerprint density at radius 2 is 2.32 bits per heavy atom. The molecule has 19 heavy (non-hydrogen) atoms.